The van der Waals surface area contributed by atoms with Crippen LogP contribution < -0.4 is 15.2 Å². The largest absolute Gasteiger partial charge is 0.545 e. The average Bonchev–Trinajstić information content (AvgIpc) is 2.36. The number of aliphatic carboxylic acids is 1. The highest BCUT2D eigenvalue weighted by atomic mass is 16.5. The van der Waals surface area contributed by atoms with E-state index in [-0.39, 0.29) is 5.70 Å². The molecule has 0 atom stereocenters. The molecule has 0 radical (unpaired) electrons. The van der Waals surface area contributed by atoms with Crippen LogP contribution in [0.15, 0.2) is 30.0 Å². The maximum absolute atomic E-state index is 11.5. The highest BCUT2D eigenvalue weighted by Gasteiger charge is 2.12. The second-order valence-electron chi connectivity index (χ2n) is 3.70. The lowest BCUT2D eigenvalue weighted by molar-refractivity contribution is -0.297. The molecule has 0 aliphatic carbocycles. The zero-order valence-corrected chi connectivity index (χ0v) is 10.9. The third-order valence-corrected chi connectivity index (χ3v) is 2.29. The quantitative estimate of drug-likeness (QED) is 0.604. The van der Waals surface area contributed by atoms with Crippen LogP contribution >= 0.6 is 0 Å². The number of carbonyl (C=O) groups is 2. The molecule has 6 heteroatoms. The van der Waals surface area contributed by atoms with E-state index in [0.717, 1.165) is 12.7 Å². The van der Waals surface area contributed by atoms with Crippen molar-refractivity contribution in [1.82, 2.24) is 0 Å². The number of carboxylic acid groups (broad SMARTS) is 1. The number of benzene rings is 1. The smallest absolute Gasteiger partial charge is 0.354 e. The Morgan fingerprint density at radius 1 is 1.32 bits per heavy atom. The summed E-state index contributed by atoms with van der Waals surface area (Å²) in [5, 5.41) is 13.2. The van der Waals surface area contributed by atoms with Crippen molar-refractivity contribution in [2.75, 3.05) is 19.5 Å². The second-order valence-corrected chi connectivity index (χ2v) is 3.70. The standard InChI is InChI=1S/C13H15NO5/c1-8-4-5-11(18-2)9(6-8)14-10(7-12(15)16)13(17)19-3/h4-7,14H,1-3H3,(H,15,16)/p-1. The molecule has 0 aliphatic rings. The molecule has 0 fully saturated rings. The van der Waals surface area contributed by atoms with E-state index in [1.54, 1.807) is 12.1 Å². The summed E-state index contributed by atoms with van der Waals surface area (Å²) in [5.74, 6) is -1.84. The van der Waals surface area contributed by atoms with Crippen LogP contribution in [0, 0.1) is 6.92 Å². The van der Waals surface area contributed by atoms with Gasteiger partial charge in [0.15, 0.2) is 0 Å². The molecule has 1 aromatic carbocycles. The molecule has 0 bridgehead atoms. The van der Waals surface area contributed by atoms with Crippen LogP contribution in [0.1, 0.15) is 5.56 Å². The fourth-order valence-corrected chi connectivity index (χ4v) is 1.44. The van der Waals surface area contributed by atoms with Crippen molar-refractivity contribution in [3.05, 3.63) is 35.5 Å². The van der Waals surface area contributed by atoms with E-state index >= 15 is 0 Å². The molecule has 1 aromatic rings. The summed E-state index contributed by atoms with van der Waals surface area (Å²) < 4.78 is 9.60. The minimum Gasteiger partial charge on any atom is -0.545 e. The maximum Gasteiger partial charge on any atom is 0.354 e. The second kappa shape index (κ2) is 6.44. The van der Waals surface area contributed by atoms with Crippen LogP contribution in [0.3, 0.4) is 0 Å². The average molecular weight is 264 g/mol. The first-order chi connectivity index (χ1) is 8.97. The van der Waals surface area contributed by atoms with E-state index in [9.17, 15) is 14.7 Å². The van der Waals surface area contributed by atoms with E-state index in [2.05, 4.69) is 10.1 Å². The van der Waals surface area contributed by atoms with Gasteiger partial charge in [0.05, 0.1) is 25.9 Å². The molecular weight excluding hydrogens is 250 g/mol. The monoisotopic (exact) mass is 264 g/mol. The summed E-state index contributed by atoms with van der Waals surface area (Å²) in [5.41, 5.74) is 1.13. The van der Waals surface area contributed by atoms with Crippen LogP contribution in [0.2, 0.25) is 0 Å². The molecule has 1 N–H and O–H groups in total. The van der Waals surface area contributed by atoms with Crippen molar-refractivity contribution >= 4 is 17.6 Å². The number of rotatable bonds is 5. The number of carboxylic acids is 1. The molecule has 0 unspecified atom stereocenters. The maximum atomic E-state index is 11.5. The first-order valence-electron chi connectivity index (χ1n) is 5.40. The predicted octanol–water partition coefficient (Wildman–Crippen LogP) is 0.222. The zero-order chi connectivity index (χ0) is 14.4. The van der Waals surface area contributed by atoms with Crippen molar-refractivity contribution in [2.24, 2.45) is 0 Å². The Bertz CT molecular complexity index is 522. The van der Waals surface area contributed by atoms with Gasteiger partial charge >= 0.3 is 5.97 Å². The molecule has 0 spiro atoms. The van der Waals surface area contributed by atoms with Crippen LogP contribution in [0.4, 0.5) is 5.69 Å². The number of carbonyl (C=O) groups excluding carboxylic acids is 2. The third kappa shape index (κ3) is 4.02. The summed E-state index contributed by atoms with van der Waals surface area (Å²) in [6.07, 6.45) is 0.633. The minimum atomic E-state index is -1.50. The van der Waals surface area contributed by atoms with E-state index in [4.69, 9.17) is 4.74 Å². The summed E-state index contributed by atoms with van der Waals surface area (Å²) in [4.78, 5) is 22.0. The minimum absolute atomic E-state index is 0.244. The number of ether oxygens (including phenoxy) is 2. The Kier molecular flexibility index (Phi) is 4.93. The topological polar surface area (TPSA) is 87.7 Å². The molecule has 1 rings (SSSR count). The first kappa shape index (κ1) is 14.6. The van der Waals surface area contributed by atoms with Crippen molar-refractivity contribution in [1.29, 1.82) is 0 Å². The summed E-state index contributed by atoms with van der Waals surface area (Å²) >= 11 is 0. The van der Waals surface area contributed by atoms with Gasteiger partial charge < -0.3 is 24.7 Å². The lowest BCUT2D eigenvalue weighted by Gasteiger charge is -2.13. The Hall–Kier alpha value is -2.50. The van der Waals surface area contributed by atoms with Gasteiger partial charge in [-0.25, -0.2) is 4.79 Å². The van der Waals surface area contributed by atoms with Crippen LogP contribution in [0.25, 0.3) is 0 Å². The number of hydrogen-bond acceptors (Lipinski definition) is 6. The molecule has 0 saturated heterocycles. The summed E-state index contributed by atoms with van der Waals surface area (Å²) in [7, 11) is 2.62. The molecule has 0 amide bonds. The molecule has 0 heterocycles. The summed E-state index contributed by atoms with van der Waals surface area (Å²) in [6.45, 7) is 1.85. The number of aryl methyl sites for hydroxylation is 1. The van der Waals surface area contributed by atoms with Crippen molar-refractivity contribution in [3.63, 3.8) is 0 Å². The third-order valence-electron chi connectivity index (χ3n) is 2.29. The lowest BCUT2D eigenvalue weighted by atomic mass is 10.2. The van der Waals surface area contributed by atoms with Gasteiger partial charge in [-0.3, -0.25) is 0 Å². The van der Waals surface area contributed by atoms with Gasteiger partial charge in [0.1, 0.15) is 11.4 Å². The van der Waals surface area contributed by atoms with E-state index in [1.165, 1.54) is 7.11 Å². The number of methoxy groups -OCH3 is 2. The van der Waals surface area contributed by atoms with Crippen molar-refractivity contribution in [2.45, 2.75) is 6.92 Å². The van der Waals surface area contributed by atoms with Gasteiger partial charge in [-0.15, -0.1) is 0 Å². The zero-order valence-electron chi connectivity index (χ0n) is 10.9. The fourth-order valence-electron chi connectivity index (χ4n) is 1.44. The van der Waals surface area contributed by atoms with E-state index in [1.807, 2.05) is 13.0 Å². The Morgan fingerprint density at radius 2 is 2.00 bits per heavy atom. The molecule has 0 aliphatic heterocycles. The predicted molar refractivity (Wildman–Crippen MR) is 66.5 cm³/mol. The van der Waals surface area contributed by atoms with E-state index < -0.39 is 11.9 Å². The van der Waals surface area contributed by atoms with E-state index in [0.29, 0.717) is 17.5 Å². The van der Waals surface area contributed by atoms with Crippen LogP contribution in [0.5, 0.6) is 5.75 Å². The van der Waals surface area contributed by atoms with Crippen LogP contribution in [-0.2, 0) is 14.3 Å². The number of anilines is 1. The molecular formula is C13H14NO5-. The SMILES string of the molecule is COC(=O)C(=CC(=O)[O-])Nc1cc(C)ccc1OC. The van der Waals surface area contributed by atoms with Gasteiger partial charge in [0.2, 0.25) is 0 Å². The number of nitrogens with one attached hydrogen (secondary N) is 1. The highest BCUT2D eigenvalue weighted by molar-refractivity contribution is 5.98. The summed E-state index contributed by atoms with van der Waals surface area (Å²) in [6, 6.07) is 5.24. The van der Waals surface area contributed by atoms with Gasteiger partial charge in [-0.1, -0.05) is 6.07 Å². The van der Waals surface area contributed by atoms with Gasteiger partial charge in [-0.05, 0) is 30.7 Å². The lowest BCUT2D eigenvalue weighted by Crippen LogP contribution is -2.23. The molecule has 6 nitrogen and oxygen atoms in total. The first-order valence-corrected chi connectivity index (χ1v) is 5.40. The number of esters is 1. The highest BCUT2D eigenvalue weighted by Crippen LogP contribution is 2.26. The Morgan fingerprint density at radius 3 is 2.53 bits per heavy atom. The normalized spacial score (nSPS) is 10.8. The number of hydrogen-bond donors (Lipinski definition) is 1. The van der Waals surface area contributed by atoms with Crippen molar-refractivity contribution in [3.8, 4) is 5.75 Å². The molecule has 0 saturated carbocycles. The van der Waals surface area contributed by atoms with Crippen LogP contribution in [-0.4, -0.2) is 26.2 Å². The Balaban J connectivity index is 3.12. The van der Waals surface area contributed by atoms with Gasteiger partial charge in [0.25, 0.3) is 0 Å². The molecule has 19 heavy (non-hydrogen) atoms. The van der Waals surface area contributed by atoms with Gasteiger partial charge in [-0.2, -0.15) is 0 Å². The van der Waals surface area contributed by atoms with Gasteiger partial charge in [0, 0.05) is 0 Å². The molecule has 0 aromatic heterocycles. The van der Waals surface area contributed by atoms with Crippen molar-refractivity contribution < 1.29 is 24.2 Å². The molecule has 102 valence electrons. The Labute approximate surface area is 110 Å². The fraction of sp³-hybridized carbons (Fsp3) is 0.231.